The van der Waals surface area contributed by atoms with E-state index in [1.54, 1.807) is 12.3 Å². The molecule has 20 heavy (non-hydrogen) atoms. The number of nitrogens with zero attached hydrogens (tertiary/aromatic N) is 1. The Balaban J connectivity index is 2.05. The number of rotatable bonds is 5. The highest BCUT2D eigenvalue weighted by Gasteiger charge is 2.25. The van der Waals surface area contributed by atoms with Crippen LogP contribution in [-0.2, 0) is 6.54 Å². The molecule has 1 heterocycles. The number of hydrogen-bond acceptors (Lipinski definition) is 3. The van der Waals surface area contributed by atoms with E-state index in [0.717, 1.165) is 19.3 Å². The van der Waals surface area contributed by atoms with Crippen molar-refractivity contribution in [1.29, 1.82) is 0 Å². The molecule has 1 aromatic heterocycles. The summed E-state index contributed by atoms with van der Waals surface area (Å²) in [4.78, 5) is 4.07. The smallest absolute Gasteiger partial charge is 0.250 e. The Morgan fingerprint density at radius 3 is 2.85 bits per heavy atom. The van der Waals surface area contributed by atoms with E-state index in [-0.39, 0.29) is 17.8 Å². The molecule has 0 aromatic carbocycles. The zero-order valence-electron chi connectivity index (χ0n) is 12.7. The second-order valence-electron chi connectivity index (χ2n) is 6.04. The summed E-state index contributed by atoms with van der Waals surface area (Å²) in [6, 6.07) is 2.03. The minimum Gasteiger partial charge on any atom is -0.472 e. The van der Waals surface area contributed by atoms with E-state index in [0.29, 0.717) is 24.1 Å². The van der Waals surface area contributed by atoms with Crippen LogP contribution in [0.2, 0.25) is 0 Å². The maximum absolute atomic E-state index is 14.4. The summed E-state index contributed by atoms with van der Waals surface area (Å²) in [5, 5.41) is 3.22. The van der Waals surface area contributed by atoms with Crippen molar-refractivity contribution in [2.24, 2.45) is 5.92 Å². The third-order valence-corrected chi connectivity index (χ3v) is 3.93. The Hall–Kier alpha value is -1.16. The minimum atomic E-state index is -0.321. The van der Waals surface area contributed by atoms with Crippen molar-refractivity contribution >= 4 is 0 Å². The van der Waals surface area contributed by atoms with Crippen molar-refractivity contribution in [3.8, 4) is 5.88 Å². The first kappa shape index (κ1) is 15.2. The predicted molar refractivity (Wildman–Crippen MR) is 78.2 cm³/mol. The molecule has 0 saturated heterocycles. The van der Waals surface area contributed by atoms with Gasteiger partial charge in [0.25, 0.3) is 5.88 Å². The lowest BCUT2D eigenvalue weighted by atomic mass is 9.88. The van der Waals surface area contributed by atoms with Crippen LogP contribution >= 0.6 is 0 Å². The van der Waals surface area contributed by atoms with Gasteiger partial charge in [-0.25, -0.2) is 9.37 Å². The van der Waals surface area contributed by atoms with Gasteiger partial charge in [-0.1, -0.05) is 27.2 Å². The summed E-state index contributed by atoms with van der Waals surface area (Å²) in [5.41, 5.74) is 0.618. The fraction of sp³-hybridized carbons (Fsp3) is 0.688. The second kappa shape index (κ2) is 7.02. The van der Waals surface area contributed by atoms with Crippen LogP contribution in [0.3, 0.4) is 0 Å². The lowest BCUT2D eigenvalue weighted by Gasteiger charge is -2.29. The summed E-state index contributed by atoms with van der Waals surface area (Å²) in [6.07, 6.45) is 6.28. The van der Waals surface area contributed by atoms with E-state index in [1.807, 2.05) is 13.8 Å². The van der Waals surface area contributed by atoms with Crippen molar-refractivity contribution in [2.45, 2.75) is 65.1 Å². The molecule has 0 bridgehead atoms. The van der Waals surface area contributed by atoms with Crippen molar-refractivity contribution in [1.82, 2.24) is 10.3 Å². The summed E-state index contributed by atoms with van der Waals surface area (Å²) < 4.78 is 20.2. The number of pyridine rings is 1. The number of halogens is 1. The van der Waals surface area contributed by atoms with Crippen molar-refractivity contribution < 1.29 is 9.13 Å². The molecular formula is C16H25FN2O. The van der Waals surface area contributed by atoms with Gasteiger partial charge in [0.05, 0.1) is 0 Å². The first-order chi connectivity index (χ1) is 9.58. The second-order valence-corrected chi connectivity index (χ2v) is 6.04. The molecule has 1 fully saturated rings. The predicted octanol–water partition coefficient (Wildman–Crippen LogP) is 3.68. The molecule has 0 amide bonds. The van der Waals surface area contributed by atoms with E-state index >= 15 is 0 Å². The summed E-state index contributed by atoms with van der Waals surface area (Å²) >= 11 is 0. The first-order valence-electron chi connectivity index (χ1n) is 7.61. The molecule has 1 N–H and O–H groups in total. The van der Waals surface area contributed by atoms with Gasteiger partial charge >= 0.3 is 0 Å². The average molecular weight is 280 g/mol. The van der Waals surface area contributed by atoms with Crippen LogP contribution in [0.4, 0.5) is 4.39 Å². The molecule has 1 saturated carbocycles. The van der Waals surface area contributed by atoms with E-state index in [1.165, 1.54) is 6.42 Å². The SMILES string of the molecule is CC(C)NCc1ccnc(OC2CCCCC2C)c1F. The number of aromatic nitrogens is 1. The van der Waals surface area contributed by atoms with Crippen LogP contribution in [0.1, 0.15) is 52.0 Å². The molecule has 1 aromatic rings. The van der Waals surface area contributed by atoms with Gasteiger partial charge < -0.3 is 10.1 Å². The van der Waals surface area contributed by atoms with Gasteiger partial charge in [0.15, 0.2) is 5.82 Å². The number of nitrogens with one attached hydrogen (secondary N) is 1. The molecule has 2 atom stereocenters. The third kappa shape index (κ3) is 3.92. The summed E-state index contributed by atoms with van der Waals surface area (Å²) in [6.45, 7) is 6.76. The molecule has 1 aliphatic rings. The van der Waals surface area contributed by atoms with Crippen LogP contribution in [0.5, 0.6) is 5.88 Å². The van der Waals surface area contributed by atoms with Crippen LogP contribution in [0.15, 0.2) is 12.3 Å². The highest BCUT2D eigenvalue weighted by atomic mass is 19.1. The van der Waals surface area contributed by atoms with E-state index in [9.17, 15) is 4.39 Å². The van der Waals surface area contributed by atoms with Crippen LogP contribution < -0.4 is 10.1 Å². The van der Waals surface area contributed by atoms with Crippen molar-refractivity contribution in [3.63, 3.8) is 0 Å². The fourth-order valence-electron chi connectivity index (χ4n) is 2.60. The zero-order valence-corrected chi connectivity index (χ0v) is 12.7. The lowest BCUT2D eigenvalue weighted by molar-refractivity contribution is 0.0924. The molecular weight excluding hydrogens is 255 g/mol. The normalized spacial score (nSPS) is 23.1. The van der Waals surface area contributed by atoms with Crippen LogP contribution in [0.25, 0.3) is 0 Å². The van der Waals surface area contributed by atoms with Crippen LogP contribution in [-0.4, -0.2) is 17.1 Å². The first-order valence-corrected chi connectivity index (χ1v) is 7.61. The average Bonchev–Trinajstić information content (AvgIpc) is 2.42. The van der Waals surface area contributed by atoms with Gasteiger partial charge in [-0.05, 0) is 31.2 Å². The van der Waals surface area contributed by atoms with Gasteiger partial charge in [-0.2, -0.15) is 0 Å². The third-order valence-electron chi connectivity index (χ3n) is 3.93. The van der Waals surface area contributed by atoms with Gasteiger partial charge in [0.1, 0.15) is 6.10 Å². The largest absolute Gasteiger partial charge is 0.472 e. The Morgan fingerprint density at radius 1 is 1.40 bits per heavy atom. The minimum absolute atomic E-state index is 0.0963. The van der Waals surface area contributed by atoms with E-state index < -0.39 is 0 Å². The fourth-order valence-corrected chi connectivity index (χ4v) is 2.60. The summed E-state index contributed by atoms with van der Waals surface area (Å²) in [7, 11) is 0. The molecule has 0 spiro atoms. The molecule has 2 rings (SSSR count). The zero-order chi connectivity index (χ0) is 14.5. The number of hydrogen-bond donors (Lipinski definition) is 1. The maximum Gasteiger partial charge on any atom is 0.250 e. The maximum atomic E-state index is 14.4. The van der Waals surface area contributed by atoms with Gasteiger partial charge in [0.2, 0.25) is 0 Å². The standard InChI is InChI=1S/C16H25FN2O/c1-11(2)19-10-13-8-9-18-16(15(13)17)20-14-7-5-4-6-12(14)3/h8-9,11-12,14,19H,4-7,10H2,1-3H3. The van der Waals surface area contributed by atoms with E-state index in [2.05, 4.69) is 17.2 Å². The Kier molecular flexibility index (Phi) is 5.35. The number of ether oxygens (including phenoxy) is 1. The summed E-state index contributed by atoms with van der Waals surface area (Å²) in [5.74, 6) is 0.313. The lowest BCUT2D eigenvalue weighted by Crippen LogP contribution is -2.29. The molecule has 0 aliphatic heterocycles. The molecule has 4 heteroatoms. The Labute approximate surface area is 120 Å². The van der Waals surface area contributed by atoms with Gasteiger partial charge in [0, 0.05) is 24.3 Å². The monoisotopic (exact) mass is 280 g/mol. The highest BCUT2D eigenvalue weighted by molar-refractivity contribution is 5.23. The molecule has 0 radical (unpaired) electrons. The molecule has 112 valence electrons. The quantitative estimate of drug-likeness (QED) is 0.893. The Morgan fingerprint density at radius 2 is 2.15 bits per heavy atom. The van der Waals surface area contributed by atoms with Gasteiger partial charge in [-0.15, -0.1) is 0 Å². The highest BCUT2D eigenvalue weighted by Crippen LogP contribution is 2.28. The van der Waals surface area contributed by atoms with Crippen molar-refractivity contribution in [2.75, 3.05) is 0 Å². The van der Waals surface area contributed by atoms with Crippen LogP contribution in [0, 0.1) is 11.7 Å². The Bertz CT molecular complexity index is 436. The molecule has 1 aliphatic carbocycles. The van der Waals surface area contributed by atoms with Gasteiger partial charge in [-0.3, -0.25) is 0 Å². The molecule has 3 nitrogen and oxygen atoms in total. The van der Waals surface area contributed by atoms with E-state index in [4.69, 9.17) is 4.74 Å². The van der Waals surface area contributed by atoms with Crippen molar-refractivity contribution in [3.05, 3.63) is 23.6 Å². The molecule has 2 unspecified atom stereocenters. The topological polar surface area (TPSA) is 34.2 Å².